The third-order valence-electron chi connectivity index (χ3n) is 1.97. The van der Waals surface area contributed by atoms with Crippen LogP contribution in [0.1, 0.15) is 5.69 Å². The maximum atomic E-state index is 8.78. The van der Waals surface area contributed by atoms with Gasteiger partial charge in [0, 0.05) is 43.0 Å². The lowest BCUT2D eigenvalue weighted by Gasteiger charge is -2.03. The normalized spacial score (nSPS) is 10.4. The van der Waals surface area contributed by atoms with Gasteiger partial charge in [-0.2, -0.15) is 0 Å². The molecule has 0 saturated heterocycles. The van der Waals surface area contributed by atoms with E-state index >= 15 is 0 Å². The zero-order valence-corrected chi connectivity index (χ0v) is 7.67. The second-order valence-electron chi connectivity index (χ2n) is 2.95. The van der Waals surface area contributed by atoms with E-state index in [2.05, 4.69) is 9.97 Å². The second kappa shape index (κ2) is 4.02. The fourth-order valence-electron chi connectivity index (χ4n) is 1.29. The van der Waals surface area contributed by atoms with E-state index < -0.39 is 0 Å². The average molecular weight is 189 g/mol. The Balaban J connectivity index is 2.31. The molecule has 1 N–H and O–H groups in total. The quantitative estimate of drug-likeness (QED) is 0.777. The van der Waals surface area contributed by atoms with Crippen LogP contribution in [0.4, 0.5) is 0 Å². The highest BCUT2D eigenvalue weighted by Crippen LogP contribution is 2.07. The van der Waals surface area contributed by atoms with Gasteiger partial charge in [0.2, 0.25) is 0 Å². The maximum Gasteiger partial charge on any atom is 0.0991 e. The maximum absolute atomic E-state index is 8.78. The first kappa shape index (κ1) is 8.90. The number of pyridine rings is 1. The van der Waals surface area contributed by atoms with Crippen LogP contribution in [-0.4, -0.2) is 26.2 Å². The van der Waals surface area contributed by atoms with Gasteiger partial charge in [-0.3, -0.25) is 4.98 Å². The largest absolute Gasteiger partial charge is 0.396 e. The second-order valence-corrected chi connectivity index (χ2v) is 2.95. The molecule has 0 saturated carbocycles. The van der Waals surface area contributed by atoms with E-state index in [4.69, 9.17) is 5.11 Å². The molecule has 2 aromatic rings. The third kappa shape index (κ3) is 1.80. The van der Waals surface area contributed by atoms with E-state index in [0.29, 0.717) is 6.42 Å². The van der Waals surface area contributed by atoms with E-state index in [1.165, 1.54) is 0 Å². The number of hydrogen-bond acceptors (Lipinski definition) is 3. The topological polar surface area (TPSA) is 50.9 Å². The van der Waals surface area contributed by atoms with Gasteiger partial charge in [-0.1, -0.05) is 0 Å². The summed E-state index contributed by atoms with van der Waals surface area (Å²) in [4.78, 5) is 8.11. The summed E-state index contributed by atoms with van der Waals surface area (Å²) in [6, 6.07) is 3.85. The van der Waals surface area contributed by atoms with Crippen molar-refractivity contribution in [1.82, 2.24) is 14.5 Å². The number of imidazole rings is 1. The number of rotatable bonds is 3. The molecule has 0 aliphatic heterocycles. The fourth-order valence-corrected chi connectivity index (χ4v) is 1.29. The van der Waals surface area contributed by atoms with Crippen LogP contribution in [-0.2, 0) is 6.42 Å². The van der Waals surface area contributed by atoms with Gasteiger partial charge >= 0.3 is 0 Å². The van der Waals surface area contributed by atoms with Crippen molar-refractivity contribution in [2.24, 2.45) is 0 Å². The molecular weight excluding hydrogens is 178 g/mol. The van der Waals surface area contributed by atoms with E-state index in [0.717, 1.165) is 11.4 Å². The van der Waals surface area contributed by atoms with E-state index in [9.17, 15) is 0 Å². The van der Waals surface area contributed by atoms with Crippen molar-refractivity contribution < 1.29 is 5.11 Å². The lowest BCUT2D eigenvalue weighted by Crippen LogP contribution is -1.97. The van der Waals surface area contributed by atoms with Crippen LogP contribution < -0.4 is 0 Å². The highest BCUT2D eigenvalue weighted by molar-refractivity contribution is 5.31. The lowest BCUT2D eigenvalue weighted by atomic mass is 10.2. The Morgan fingerprint density at radius 1 is 1.36 bits per heavy atom. The van der Waals surface area contributed by atoms with Gasteiger partial charge in [0.25, 0.3) is 0 Å². The van der Waals surface area contributed by atoms with Crippen molar-refractivity contribution >= 4 is 0 Å². The molecule has 72 valence electrons. The zero-order valence-electron chi connectivity index (χ0n) is 7.67. The Hall–Kier alpha value is -1.68. The molecule has 0 spiro atoms. The minimum atomic E-state index is 0.125. The molecule has 2 heterocycles. The lowest BCUT2D eigenvalue weighted by molar-refractivity contribution is 0.298. The van der Waals surface area contributed by atoms with Crippen LogP contribution in [0.5, 0.6) is 0 Å². The van der Waals surface area contributed by atoms with Crippen LogP contribution in [0.15, 0.2) is 37.1 Å². The smallest absolute Gasteiger partial charge is 0.0991 e. The van der Waals surface area contributed by atoms with Crippen molar-refractivity contribution in [1.29, 1.82) is 0 Å². The van der Waals surface area contributed by atoms with Gasteiger partial charge in [-0.15, -0.1) is 0 Å². The van der Waals surface area contributed by atoms with Crippen molar-refractivity contribution in [3.05, 3.63) is 42.7 Å². The first-order valence-electron chi connectivity index (χ1n) is 4.44. The highest BCUT2D eigenvalue weighted by Gasteiger charge is 1.98. The van der Waals surface area contributed by atoms with Crippen molar-refractivity contribution in [3.8, 4) is 5.69 Å². The molecule has 4 heteroatoms. The van der Waals surface area contributed by atoms with Crippen LogP contribution in [0.2, 0.25) is 0 Å². The molecule has 2 rings (SSSR count). The minimum absolute atomic E-state index is 0.125. The Labute approximate surface area is 81.9 Å². The van der Waals surface area contributed by atoms with E-state index in [-0.39, 0.29) is 6.61 Å². The van der Waals surface area contributed by atoms with Gasteiger partial charge in [-0.05, 0) is 12.1 Å². The monoisotopic (exact) mass is 189 g/mol. The summed E-state index contributed by atoms with van der Waals surface area (Å²) in [5, 5.41) is 8.78. The van der Waals surface area contributed by atoms with Crippen molar-refractivity contribution in [2.75, 3.05) is 6.61 Å². The predicted octanol–water partition coefficient (Wildman–Crippen LogP) is 0.802. The number of aromatic nitrogens is 3. The summed E-state index contributed by atoms with van der Waals surface area (Å²) in [5.74, 6) is 0. The SMILES string of the molecule is OCCc1cc(-n2ccnc2)ccn1. The van der Waals surface area contributed by atoms with Crippen LogP contribution in [0.25, 0.3) is 5.69 Å². The molecule has 0 aliphatic carbocycles. The van der Waals surface area contributed by atoms with Gasteiger partial charge in [-0.25, -0.2) is 4.98 Å². The number of hydrogen-bond donors (Lipinski definition) is 1. The minimum Gasteiger partial charge on any atom is -0.396 e. The Bertz CT molecular complexity index is 398. The van der Waals surface area contributed by atoms with Gasteiger partial charge in [0.05, 0.1) is 6.33 Å². The Kier molecular flexibility index (Phi) is 2.55. The molecule has 0 unspecified atom stereocenters. The zero-order chi connectivity index (χ0) is 9.80. The molecule has 4 nitrogen and oxygen atoms in total. The fraction of sp³-hybridized carbons (Fsp3) is 0.200. The molecule has 0 radical (unpaired) electrons. The molecule has 2 aromatic heterocycles. The van der Waals surface area contributed by atoms with Crippen molar-refractivity contribution in [2.45, 2.75) is 6.42 Å². The van der Waals surface area contributed by atoms with Gasteiger partial charge in [0.15, 0.2) is 0 Å². The standard InChI is InChI=1S/C10H11N3O/c14-6-2-9-7-10(1-3-12-9)13-5-4-11-8-13/h1,3-5,7-8,14H,2,6H2. The van der Waals surface area contributed by atoms with Crippen molar-refractivity contribution in [3.63, 3.8) is 0 Å². The molecule has 0 bridgehead atoms. The molecule has 0 aliphatic rings. The van der Waals surface area contributed by atoms with Crippen LogP contribution in [0, 0.1) is 0 Å². The predicted molar refractivity (Wildman–Crippen MR) is 52.1 cm³/mol. The molecule has 0 amide bonds. The summed E-state index contributed by atoms with van der Waals surface area (Å²) >= 11 is 0. The molecule has 14 heavy (non-hydrogen) atoms. The number of nitrogens with zero attached hydrogens (tertiary/aromatic N) is 3. The third-order valence-corrected chi connectivity index (χ3v) is 1.97. The molecular formula is C10H11N3O. The molecule has 0 atom stereocenters. The van der Waals surface area contributed by atoms with Crippen LogP contribution in [0.3, 0.4) is 0 Å². The average Bonchev–Trinajstić information content (AvgIpc) is 2.71. The van der Waals surface area contributed by atoms with Gasteiger partial charge in [0.1, 0.15) is 0 Å². The van der Waals surface area contributed by atoms with Crippen LogP contribution >= 0.6 is 0 Å². The first-order valence-corrected chi connectivity index (χ1v) is 4.44. The van der Waals surface area contributed by atoms with Gasteiger partial charge < -0.3 is 9.67 Å². The Morgan fingerprint density at radius 2 is 2.29 bits per heavy atom. The molecule has 0 aromatic carbocycles. The Morgan fingerprint density at radius 3 is 3.00 bits per heavy atom. The summed E-state index contributed by atoms with van der Waals surface area (Å²) in [5.41, 5.74) is 1.90. The molecule has 0 fully saturated rings. The first-order chi connectivity index (χ1) is 6.90. The van der Waals surface area contributed by atoms with E-state index in [1.54, 1.807) is 18.7 Å². The summed E-state index contributed by atoms with van der Waals surface area (Å²) in [6.45, 7) is 0.125. The summed E-state index contributed by atoms with van der Waals surface area (Å²) in [7, 11) is 0. The number of aliphatic hydroxyl groups excluding tert-OH is 1. The summed E-state index contributed by atoms with van der Waals surface area (Å²) in [6.07, 6.45) is 7.66. The summed E-state index contributed by atoms with van der Waals surface area (Å²) < 4.78 is 1.91. The number of aliphatic hydroxyl groups is 1. The highest BCUT2D eigenvalue weighted by atomic mass is 16.3. The van der Waals surface area contributed by atoms with E-state index in [1.807, 2.05) is 22.9 Å².